The summed E-state index contributed by atoms with van der Waals surface area (Å²) in [7, 11) is -5.05. The Hall–Kier alpha value is -3.52. The summed E-state index contributed by atoms with van der Waals surface area (Å²) in [4.78, 5) is 23.3. The first kappa shape index (κ1) is 64.5. The first-order valence-corrected chi connectivity index (χ1v) is 27.5. The molecule has 0 heterocycles. The van der Waals surface area contributed by atoms with Gasteiger partial charge in [-0.2, -0.15) is 0 Å². The smallest absolute Gasteiger partial charge is 0.457 e. The predicted octanol–water partition coefficient (Wildman–Crippen LogP) is 12.0. The summed E-state index contributed by atoms with van der Waals surface area (Å²) in [5.74, 6) is -0.514. The zero-order valence-corrected chi connectivity index (χ0v) is 43.4. The van der Waals surface area contributed by atoms with Gasteiger partial charge in [-0.1, -0.05) is 173 Å². The van der Waals surface area contributed by atoms with E-state index in [4.69, 9.17) is 18.5 Å². The lowest BCUT2D eigenvalue weighted by molar-refractivity contribution is -0.220. The highest BCUT2D eigenvalue weighted by atomic mass is 31.2. The Balaban J connectivity index is 2.41. The standard InChI is InChI=1S/C57H91O12P/c1-3-5-7-9-11-13-15-17-19-21-23-25-27-29-31-33-35-37-39-41-43-45-47-66-48-50(49-67-70(64,65)69-57-55(62)53(60)52(59)54(61)56(57)63)68-51(58)46-44-42-40-38-36-34-32-30-28-26-24-22-20-18-16-14-12-10-8-6-4-2/h5-8,11-14,17-20,23-26,29-32,35,37,50,52-57,59-63H,3-4,9-10,15-16,21-22,27-28,33-34,36,38-49H2,1-2H3,(H,64,65)/b7-5-,8-6-,13-11-,14-12-,19-17-,20-18-,25-23-,26-24-,31-29-,32-30-,37-35-. The average molecular weight is 999 g/mol. The van der Waals surface area contributed by atoms with E-state index in [0.29, 0.717) is 13.0 Å². The number of rotatable bonds is 42. The number of phosphoric acid groups is 1. The summed E-state index contributed by atoms with van der Waals surface area (Å²) >= 11 is 0. The number of ether oxygens (including phenoxy) is 2. The van der Waals surface area contributed by atoms with Crippen LogP contribution in [0.3, 0.4) is 0 Å². The molecule has 396 valence electrons. The topological polar surface area (TPSA) is 192 Å². The Morgan fingerprint density at radius 2 is 0.800 bits per heavy atom. The van der Waals surface area contributed by atoms with Crippen molar-refractivity contribution >= 4 is 13.8 Å². The van der Waals surface area contributed by atoms with Gasteiger partial charge in [0.25, 0.3) is 0 Å². The maximum atomic E-state index is 12.9. The minimum absolute atomic E-state index is 0.118. The van der Waals surface area contributed by atoms with Crippen LogP contribution in [0.15, 0.2) is 134 Å². The van der Waals surface area contributed by atoms with Crippen LogP contribution in [0.25, 0.3) is 0 Å². The van der Waals surface area contributed by atoms with Gasteiger partial charge in [0.05, 0.1) is 13.2 Å². The molecule has 6 atom stereocenters. The van der Waals surface area contributed by atoms with Crippen LogP contribution in [0.1, 0.15) is 155 Å². The summed E-state index contributed by atoms with van der Waals surface area (Å²) < 4.78 is 34.3. The Morgan fingerprint density at radius 3 is 1.21 bits per heavy atom. The third-order valence-electron chi connectivity index (χ3n) is 11.0. The van der Waals surface area contributed by atoms with Crippen molar-refractivity contribution in [2.75, 3.05) is 19.8 Å². The van der Waals surface area contributed by atoms with E-state index in [1.807, 2.05) is 0 Å². The third-order valence-corrected chi connectivity index (χ3v) is 12.0. The SMILES string of the molecule is CC/C=C\C/C=C\C/C=C\C/C=C\C/C=C\C/C=C\CCCCCOCC(COP(=O)(O)OC1C(O)C(O)C(O)C(O)C1O)OC(=O)CCCCCCC/C=C\C/C=C\C/C=C\C/C=C\C/C=C\CC. The molecule has 70 heavy (non-hydrogen) atoms. The van der Waals surface area contributed by atoms with Crippen molar-refractivity contribution in [3.05, 3.63) is 134 Å². The number of allylic oxidation sites excluding steroid dienone is 22. The molecule has 0 aliphatic heterocycles. The Bertz CT molecular complexity index is 1660. The minimum atomic E-state index is -5.05. The first-order chi connectivity index (χ1) is 34.0. The zero-order valence-electron chi connectivity index (χ0n) is 42.5. The van der Waals surface area contributed by atoms with Crippen LogP contribution >= 0.6 is 7.82 Å². The zero-order chi connectivity index (χ0) is 51.2. The molecule has 6 N–H and O–H groups in total. The van der Waals surface area contributed by atoms with Gasteiger partial charge in [0.15, 0.2) is 0 Å². The van der Waals surface area contributed by atoms with Gasteiger partial charge in [-0.15, -0.1) is 0 Å². The van der Waals surface area contributed by atoms with Crippen molar-refractivity contribution in [2.45, 2.75) is 198 Å². The summed E-state index contributed by atoms with van der Waals surface area (Å²) in [6, 6.07) is 0. The molecule has 1 saturated carbocycles. The van der Waals surface area contributed by atoms with E-state index in [1.54, 1.807) is 0 Å². The molecular weight excluding hydrogens is 908 g/mol. The number of unbranched alkanes of at least 4 members (excludes halogenated alkanes) is 8. The van der Waals surface area contributed by atoms with Crippen LogP contribution in [-0.2, 0) is 27.9 Å². The highest BCUT2D eigenvalue weighted by molar-refractivity contribution is 7.47. The molecule has 1 aliphatic rings. The average Bonchev–Trinajstić information content (AvgIpc) is 3.35. The molecule has 6 unspecified atom stereocenters. The van der Waals surface area contributed by atoms with Gasteiger partial charge in [-0.25, -0.2) is 4.57 Å². The molecular formula is C57H91O12P. The van der Waals surface area contributed by atoms with E-state index in [9.17, 15) is 39.8 Å². The number of esters is 1. The molecule has 13 heteroatoms. The monoisotopic (exact) mass is 999 g/mol. The second-order valence-corrected chi connectivity index (χ2v) is 18.7. The van der Waals surface area contributed by atoms with Gasteiger partial charge in [0, 0.05) is 13.0 Å². The maximum absolute atomic E-state index is 12.9. The van der Waals surface area contributed by atoms with E-state index < -0.39 is 63.1 Å². The van der Waals surface area contributed by atoms with Crippen LogP contribution in [0.5, 0.6) is 0 Å². The number of phosphoric ester groups is 1. The Kier molecular flexibility index (Phi) is 41.8. The lowest BCUT2D eigenvalue weighted by Crippen LogP contribution is -2.64. The quantitative estimate of drug-likeness (QED) is 0.0147. The van der Waals surface area contributed by atoms with Crippen LogP contribution in [0, 0.1) is 0 Å². The van der Waals surface area contributed by atoms with Crippen molar-refractivity contribution in [2.24, 2.45) is 0 Å². The van der Waals surface area contributed by atoms with Gasteiger partial charge in [0.1, 0.15) is 42.7 Å². The van der Waals surface area contributed by atoms with Crippen LogP contribution in [0.4, 0.5) is 0 Å². The molecule has 1 aliphatic carbocycles. The third kappa shape index (κ3) is 36.4. The number of aliphatic hydroxyl groups is 5. The molecule has 1 rings (SSSR count). The van der Waals surface area contributed by atoms with Crippen LogP contribution in [0.2, 0.25) is 0 Å². The van der Waals surface area contributed by atoms with E-state index in [1.165, 1.54) is 0 Å². The molecule has 0 aromatic heterocycles. The number of carbonyl (C=O) groups excluding carboxylic acids is 1. The van der Waals surface area contributed by atoms with Gasteiger partial charge in [-0.05, 0) is 109 Å². The van der Waals surface area contributed by atoms with E-state index in [2.05, 4.69) is 148 Å². The van der Waals surface area contributed by atoms with Crippen LogP contribution < -0.4 is 0 Å². The summed E-state index contributed by atoms with van der Waals surface area (Å²) in [5, 5.41) is 50.3. The number of carbonyl (C=O) groups is 1. The normalized spacial score (nSPS) is 22.0. The largest absolute Gasteiger partial charge is 0.472 e. The fourth-order valence-electron chi connectivity index (χ4n) is 6.97. The van der Waals surface area contributed by atoms with Crippen molar-refractivity contribution < 1.29 is 58.3 Å². The highest BCUT2D eigenvalue weighted by Gasteiger charge is 2.51. The van der Waals surface area contributed by atoms with Gasteiger partial charge >= 0.3 is 13.8 Å². The molecule has 0 aromatic carbocycles. The van der Waals surface area contributed by atoms with E-state index >= 15 is 0 Å². The fourth-order valence-corrected chi connectivity index (χ4v) is 7.94. The second-order valence-electron chi connectivity index (χ2n) is 17.3. The first-order valence-electron chi connectivity index (χ1n) is 26.0. The molecule has 0 saturated heterocycles. The Morgan fingerprint density at radius 1 is 0.457 bits per heavy atom. The lowest BCUT2D eigenvalue weighted by atomic mass is 9.85. The Labute approximate surface area is 422 Å². The number of aliphatic hydroxyl groups excluding tert-OH is 5. The fraction of sp³-hybridized carbons (Fsp3) is 0.596. The maximum Gasteiger partial charge on any atom is 0.472 e. The predicted molar refractivity (Wildman–Crippen MR) is 285 cm³/mol. The second kappa shape index (κ2) is 45.4. The number of hydrogen-bond acceptors (Lipinski definition) is 11. The summed E-state index contributed by atoms with van der Waals surface area (Å²) in [6.07, 6.45) is 55.1. The molecule has 0 bridgehead atoms. The summed E-state index contributed by atoms with van der Waals surface area (Å²) in [5.41, 5.74) is 0. The lowest BCUT2D eigenvalue weighted by Gasteiger charge is -2.41. The molecule has 12 nitrogen and oxygen atoms in total. The molecule has 0 aromatic rings. The molecule has 0 spiro atoms. The van der Waals surface area contributed by atoms with Crippen molar-refractivity contribution in [3.63, 3.8) is 0 Å². The van der Waals surface area contributed by atoms with Crippen molar-refractivity contribution in [1.29, 1.82) is 0 Å². The highest BCUT2D eigenvalue weighted by Crippen LogP contribution is 2.47. The van der Waals surface area contributed by atoms with Gasteiger partial charge in [0.2, 0.25) is 0 Å². The summed E-state index contributed by atoms with van der Waals surface area (Å²) in [6.45, 7) is 3.92. The van der Waals surface area contributed by atoms with Gasteiger partial charge in [-0.3, -0.25) is 13.8 Å². The minimum Gasteiger partial charge on any atom is -0.457 e. The van der Waals surface area contributed by atoms with Gasteiger partial charge < -0.3 is 39.9 Å². The van der Waals surface area contributed by atoms with Crippen LogP contribution in [-0.4, -0.2) is 98.9 Å². The van der Waals surface area contributed by atoms with E-state index in [0.717, 1.165) is 128 Å². The molecule has 0 radical (unpaired) electrons. The van der Waals surface area contributed by atoms with E-state index in [-0.39, 0.29) is 13.0 Å². The molecule has 0 amide bonds. The van der Waals surface area contributed by atoms with Crippen molar-refractivity contribution in [1.82, 2.24) is 0 Å². The number of hydrogen-bond donors (Lipinski definition) is 6. The van der Waals surface area contributed by atoms with Crippen molar-refractivity contribution in [3.8, 4) is 0 Å². The molecule has 1 fully saturated rings.